The van der Waals surface area contributed by atoms with E-state index in [9.17, 15) is 4.79 Å². The number of Topliss-reactive ketones (excluding diaryl/α,β-unsaturated/α-hetero) is 1. The summed E-state index contributed by atoms with van der Waals surface area (Å²) in [5.41, 5.74) is 0.845. The van der Waals surface area contributed by atoms with Crippen molar-refractivity contribution in [3.05, 3.63) is 40.9 Å². The molecule has 0 radical (unpaired) electrons. The molecule has 1 atom stereocenters. The Hall–Kier alpha value is -1.37. The molecule has 0 amide bonds. The van der Waals surface area contributed by atoms with Crippen LogP contribution in [0.1, 0.15) is 28.1 Å². The second-order valence-corrected chi connectivity index (χ2v) is 8.64. The van der Waals surface area contributed by atoms with Crippen molar-refractivity contribution in [3.8, 4) is 0 Å². The van der Waals surface area contributed by atoms with Crippen molar-refractivity contribution in [1.29, 1.82) is 0 Å². The first kappa shape index (κ1) is 18.4. The van der Waals surface area contributed by atoms with Gasteiger partial charge in [0, 0.05) is 54.6 Å². The van der Waals surface area contributed by atoms with E-state index in [4.69, 9.17) is 0 Å². The van der Waals surface area contributed by atoms with Crippen LogP contribution in [-0.4, -0.2) is 49.1 Å². The van der Waals surface area contributed by atoms with E-state index in [1.54, 1.807) is 23.1 Å². The molecule has 0 aliphatic carbocycles. The standard InChI is InChI=1S/C19H25N3OS2/c1-21(2)19-20-11-17(25-19)13-22-10-4-5-15(12-22)18(23)14-6-8-16(24-3)9-7-14/h6-9,11,15H,4-5,10,12-13H2,1-3H3/t15-/m0/s1. The van der Waals surface area contributed by atoms with Gasteiger partial charge in [0.25, 0.3) is 0 Å². The van der Waals surface area contributed by atoms with Crippen LogP contribution < -0.4 is 4.90 Å². The molecule has 2 aromatic rings. The third kappa shape index (κ3) is 4.63. The van der Waals surface area contributed by atoms with E-state index in [-0.39, 0.29) is 11.7 Å². The molecule has 0 bridgehead atoms. The molecule has 3 rings (SSSR count). The molecular weight excluding hydrogens is 350 g/mol. The quantitative estimate of drug-likeness (QED) is 0.563. The number of ketones is 1. The molecule has 4 nitrogen and oxygen atoms in total. The summed E-state index contributed by atoms with van der Waals surface area (Å²) in [7, 11) is 4.03. The van der Waals surface area contributed by atoms with Gasteiger partial charge in [-0.1, -0.05) is 12.1 Å². The lowest BCUT2D eigenvalue weighted by Crippen LogP contribution is -2.38. The number of thiazole rings is 1. The van der Waals surface area contributed by atoms with Crippen molar-refractivity contribution in [2.24, 2.45) is 5.92 Å². The Morgan fingerprint density at radius 2 is 2.12 bits per heavy atom. The molecule has 0 spiro atoms. The Balaban J connectivity index is 1.62. The van der Waals surface area contributed by atoms with Crippen LogP contribution in [0.3, 0.4) is 0 Å². The first-order valence-corrected chi connectivity index (χ1v) is 10.6. The van der Waals surface area contributed by atoms with Crippen LogP contribution in [0.2, 0.25) is 0 Å². The van der Waals surface area contributed by atoms with Gasteiger partial charge < -0.3 is 4.90 Å². The summed E-state index contributed by atoms with van der Waals surface area (Å²) in [4.78, 5) is 24.2. The number of hydrogen-bond acceptors (Lipinski definition) is 6. The zero-order valence-corrected chi connectivity index (χ0v) is 16.7. The summed E-state index contributed by atoms with van der Waals surface area (Å²) < 4.78 is 0. The maximum atomic E-state index is 12.8. The summed E-state index contributed by atoms with van der Waals surface area (Å²) in [5, 5.41) is 1.04. The summed E-state index contributed by atoms with van der Waals surface area (Å²) in [6.07, 6.45) is 6.09. The molecule has 1 saturated heterocycles. The third-order valence-corrected chi connectivity index (χ3v) is 6.45. The minimum absolute atomic E-state index is 0.107. The fourth-order valence-corrected chi connectivity index (χ4v) is 4.48. The highest BCUT2D eigenvalue weighted by atomic mass is 32.2. The Labute approximate surface area is 158 Å². The SMILES string of the molecule is CSc1ccc(C(=O)[C@H]2CCCN(Cc3cnc(N(C)C)s3)C2)cc1. The second kappa shape index (κ2) is 8.34. The Bertz CT molecular complexity index is 712. The van der Waals surface area contributed by atoms with Gasteiger partial charge in [-0.3, -0.25) is 9.69 Å². The number of piperidine rings is 1. The lowest BCUT2D eigenvalue weighted by atomic mass is 9.90. The number of rotatable bonds is 6. The first-order valence-electron chi connectivity index (χ1n) is 8.59. The maximum absolute atomic E-state index is 12.8. The molecule has 2 heterocycles. The monoisotopic (exact) mass is 375 g/mol. The molecule has 1 aliphatic rings. The van der Waals surface area contributed by atoms with Crippen LogP contribution in [-0.2, 0) is 6.54 Å². The van der Waals surface area contributed by atoms with Gasteiger partial charge in [0.05, 0.1) is 0 Å². The molecule has 0 unspecified atom stereocenters. The molecule has 1 aromatic heterocycles. The highest BCUT2D eigenvalue weighted by Crippen LogP contribution is 2.26. The van der Waals surface area contributed by atoms with Gasteiger partial charge in [0.1, 0.15) is 0 Å². The van der Waals surface area contributed by atoms with Crippen LogP contribution in [0.25, 0.3) is 0 Å². The molecule has 1 aliphatic heterocycles. The number of benzene rings is 1. The molecule has 25 heavy (non-hydrogen) atoms. The lowest BCUT2D eigenvalue weighted by molar-refractivity contribution is 0.0812. The molecule has 0 N–H and O–H groups in total. The molecule has 1 fully saturated rings. The van der Waals surface area contributed by atoms with Crippen LogP contribution >= 0.6 is 23.1 Å². The highest BCUT2D eigenvalue weighted by molar-refractivity contribution is 7.98. The normalized spacial score (nSPS) is 18.3. The Morgan fingerprint density at radius 3 is 2.76 bits per heavy atom. The van der Waals surface area contributed by atoms with Gasteiger partial charge in [-0.15, -0.1) is 23.1 Å². The highest BCUT2D eigenvalue weighted by Gasteiger charge is 2.27. The Morgan fingerprint density at radius 1 is 1.36 bits per heavy atom. The van der Waals surface area contributed by atoms with Gasteiger partial charge in [-0.05, 0) is 37.8 Å². The number of likely N-dealkylation sites (tertiary alicyclic amines) is 1. The fraction of sp³-hybridized carbons (Fsp3) is 0.474. The average molecular weight is 376 g/mol. The van der Waals surface area contributed by atoms with E-state index in [2.05, 4.69) is 16.1 Å². The van der Waals surface area contributed by atoms with Crippen molar-refractivity contribution in [2.45, 2.75) is 24.3 Å². The van der Waals surface area contributed by atoms with Crippen LogP contribution in [0.4, 0.5) is 5.13 Å². The average Bonchev–Trinajstić information content (AvgIpc) is 3.10. The van der Waals surface area contributed by atoms with Crippen LogP contribution in [0.5, 0.6) is 0 Å². The zero-order valence-electron chi connectivity index (χ0n) is 15.1. The second-order valence-electron chi connectivity index (χ2n) is 6.67. The number of aromatic nitrogens is 1. The third-order valence-electron chi connectivity index (χ3n) is 4.55. The number of nitrogens with zero attached hydrogens (tertiary/aromatic N) is 3. The molecule has 6 heteroatoms. The van der Waals surface area contributed by atoms with E-state index in [1.807, 2.05) is 49.5 Å². The van der Waals surface area contributed by atoms with Gasteiger partial charge in [0.2, 0.25) is 0 Å². The van der Waals surface area contributed by atoms with E-state index in [1.165, 1.54) is 9.77 Å². The van der Waals surface area contributed by atoms with E-state index < -0.39 is 0 Å². The van der Waals surface area contributed by atoms with Crippen molar-refractivity contribution in [3.63, 3.8) is 0 Å². The van der Waals surface area contributed by atoms with Gasteiger partial charge in [-0.25, -0.2) is 4.98 Å². The first-order chi connectivity index (χ1) is 12.1. The Kier molecular flexibility index (Phi) is 6.15. The van der Waals surface area contributed by atoms with E-state index >= 15 is 0 Å². The minimum atomic E-state index is 0.107. The van der Waals surface area contributed by atoms with Crippen molar-refractivity contribution < 1.29 is 4.79 Å². The van der Waals surface area contributed by atoms with Crippen molar-refractivity contribution in [2.75, 3.05) is 38.3 Å². The van der Waals surface area contributed by atoms with Gasteiger partial charge in [-0.2, -0.15) is 0 Å². The summed E-state index contributed by atoms with van der Waals surface area (Å²) in [6.45, 7) is 2.80. The predicted octanol–water partition coefficient (Wildman–Crippen LogP) is 4.03. The smallest absolute Gasteiger partial charge is 0.185 e. The van der Waals surface area contributed by atoms with Crippen molar-refractivity contribution in [1.82, 2.24) is 9.88 Å². The summed E-state index contributed by atoms with van der Waals surface area (Å²) >= 11 is 3.43. The number of carbonyl (C=O) groups is 1. The van der Waals surface area contributed by atoms with Crippen molar-refractivity contribution >= 4 is 34.0 Å². The fourth-order valence-electron chi connectivity index (χ4n) is 3.20. The lowest BCUT2D eigenvalue weighted by Gasteiger charge is -2.31. The number of thioether (sulfide) groups is 1. The molecular formula is C19H25N3OS2. The number of hydrogen-bond donors (Lipinski definition) is 0. The van der Waals surface area contributed by atoms with E-state index in [0.29, 0.717) is 0 Å². The predicted molar refractivity (Wildman–Crippen MR) is 107 cm³/mol. The number of carbonyl (C=O) groups excluding carboxylic acids is 1. The van der Waals surface area contributed by atoms with Gasteiger partial charge >= 0.3 is 0 Å². The van der Waals surface area contributed by atoms with Crippen LogP contribution in [0.15, 0.2) is 35.4 Å². The van der Waals surface area contributed by atoms with Crippen LogP contribution in [0, 0.1) is 5.92 Å². The largest absolute Gasteiger partial charge is 0.354 e. The number of anilines is 1. The van der Waals surface area contributed by atoms with Gasteiger partial charge in [0.15, 0.2) is 10.9 Å². The molecule has 0 saturated carbocycles. The molecule has 1 aromatic carbocycles. The van der Waals surface area contributed by atoms with E-state index in [0.717, 1.165) is 43.2 Å². The summed E-state index contributed by atoms with van der Waals surface area (Å²) in [5.74, 6) is 0.394. The topological polar surface area (TPSA) is 36.4 Å². The summed E-state index contributed by atoms with van der Waals surface area (Å²) in [6, 6.07) is 8.02. The molecule has 134 valence electrons. The maximum Gasteiger partial charge on any atom is 0.185 e. The minimum Gasteiger partial charge on any atom is -0.354 e. The zero-order chi connectivity index (χ0) is 17.8.